The Labute approximate surface area is 95.7 Å². The minimum Gasteiger partial charge on any atom is -0.444 e. The molecule has 2 rings (SSSR count). The second-order valence-electron chi connectivity index (χ2n) is 5.76. The number of ether oxygens (including phenoxy) is 1. The van der Waals surface area contributed by atoms with Crippen molar-refractivity contribution >= 4 is 11.9 Å². The third-order valence-corrected chi connectivity index (χ3v) is 3.17. The van der Waals surface area contributed by atoms with Gasteiger partial charge in [0.15, 0.2) is 0 Å². The third kappa shape index (κ3) is 2.54. The van der Waals surface area contributed by atoms with Gasteiger partial charge in [0.25, 0.3) is 0 Å². The van der Waals surface area contributed by atoms with Gasteiger partial charge >= 0.3 is 6.09 Å². The largest absolute Gasteiger partial charge is 0.444 e. The molecular formula is C12H19NO3. The van der Waals surface area contributed by atoms with E-state index in [-0.39, 0.29) is 18.1 Å². The molecule has 1 amide bonds. The van der Waals surface area contributed by atoms with Crippen molar-refractivity contribution < 1.29 is 14.3 Å². The summed E-state index contributed by atoms with van der Waals surface area (Å²) in [5, 5.41) is 2.87. The van der Waals surface area contributed by atoms with E-state index in [0.29, 0.717) is 18.1 Å². The van der Waals surface area contributed by atoms with Crippen LogP contribution < -0.4 is 5.32 Å². The third-order valence-electron chi connectivity index (χ3n) is 3.17. The number of carbonyl (C=O) groups excluding carboxylic acids is 2. The summed E-state index contributed by atoms with van der Waals surface area (Å²) in [5.74, 6) is 0.953. The van der Waals surface area contributed by atoms with Crippen molar-refractivity contribution in [1.29, 1.82) is 0 Å². The topological polar surface area (TPSA) is 55.4 Å². The highest BCUT2D eigenvalue weighted by Gasteiger charge is 2.50. The van der Waals surface area contributed by atoms with Crippen molar-refractivity contribution in [3.63, 3.8) is 0 Å². The molecular weight excluding hydrogens is 206 g/mol. The van der Waals surface area contributed by atoms with Gasteiger partial charge in [-0.1, -0.05) is 0 Å². The summed E-state index contributed by atoms with van der Waals surface area (Å²) in [7, 11) is 0. The number of rotatable bonds is 1. The number of hydrogen-bond donors (Lipinski definition) is 1. The minimum atomic E-state index is -0.461. The van der Waals surface area contributed by atoms with E-state index in [0.717, 1.165) is 12.8 Å². The molecule has 2 aliphatic carbocycles. The fourth-order valence-electron chi connectivity index (χ4n) is 2.36. The molecule has 4 nitrogen and oxygen atoms in total. The predicted octanol–water partition coefficient (Wildman–Crippen LogP) is 1.88. The molecule has 3 atom stereocenters. The van der Waals surface area contributed by atoms with E-state index in [4.69, 9.17) is 4.74 Å². The number of hydrogen-bond acceptors (Lipinski definition) is 3. The molecule has 90 valence electrons. The quantitative estimate of drug-likeness (QED) is 0.741. The molecule has 1 N–H and O–H groups in total. The van der Waals surface area contributed by atoms with Crippen LogP contribution in [0.1, 0.15) is 40.0 Å². The molecule has 2 saturated carbocycles. The Morgan fingerprint density at radius 1 is 1.44 bits per heavy atom. The standard InChI is InChI=1S/C12H19NO3/c1-12(2,3)16-11(15)13-9-4-5-10(14)8-6-7(8)9/h7-9H,4-6H2,1-3H3,(H,13,15)/t7-,8+,9-/m0/s1. The Morgan fingerprint density at radius 2 is 2.12 bits per heavy atom. The first-order chi connectivity index (χ1) is 7.37. The van der Waals surface area contributed by atoms with Crippen LogP contribution >= 0.6 is 0 Å². The van der Waals surface area contributed by atoms with Gasteiger partial charge in [0.05, 0.1) is 0 Å². The molecule has 0 saturated heterocycles. The van der Waals surface area contributed by atoms with E-state index in [9.17, 15) is 9.59 Å². The summed E-state index contributed by atoms with van der Waals surface area (Å²) >= 11 is 0. The second-order valence-corrected chi connectivity index (χ2v) is 5.76. The lowest BCUT2D eigenvalue weighted by Crippen LogP contribution is -2.42. The van der Waals surface area contributed by atoms with Crippen LogP contribution in [0.25, 0.3) is 0 Å². The van der Waals surface area contributed by atoms with Gasteiger partial charge in [-0.25, -0.2) is 4.79 Å². The summed E-state index contributed by atoms with van der Waals surface area (Å²) in [6.45, 7) is 5.53. The molecule has 0 radical (unpaired) electrons. The van der Waals surface area contributed by atoms with Gasteiger partial charge in [-0.05, 0) is 39.5 Å². The number of alkyl carbamates (subject to hydrolysis) is 1. The highest BCUT2D eigenvalue weighted by atomic mass is 16.6. The highest BCUT2D eigenvalue weighted by Crippen LogP contribution is 2.47. The maximum atomic E-state index is 11.6. The van der Waals surface area contributed by atoms with Crippen molar-refractivity contribution in [2.24, 2.45) is 11.8 Å². The lowest BCUT2D eigenvalue weighted by Gasteiger charge is -2.25. The molecule has 0 aliphatic heterocycles. The van der Waals surface area contributed by atoms with Crippen LogP contribution in [0, 0.1) is 11.8 Å². The van der Waals surface area contributed by atoms with Crippen molar-refractivity contribution in [3.8, 4) is 0 Å². The van der Waals surface area contributed by atoms with E-state index in [1.54, 1.807) is 0 Å². The van der Waals surface area contributed by atoms with Crippen molar-refractivity contribution in [2.75, 3.05) is 0 Å². The van der Waals surface area contributed by atoms with Crippen LogP contribution in [-0.2, 0) is 9.53 Å². The molecule has 0 bridgehead atoms. The fraction of sp³-hybridized carbons (Fsp3) is 0.833. The monoisotopic (exact) mass is 225 g/mol. The van der Waals surface area contributed by atoms with E-state index in [1.165, 1.54) is 0 Å². The molecule has 4 heteroatoms. The maximum Gasteiger partial charge on any atom is 0.407 e. The highest BCUT2D eigenvalue weighted by molar-refractivity contribution is 5.85. The van der Waals surface area contributed by atoms with Crippen LogP contribution in [0.3, 0.4) is 0 Å². The summed E-state index contributed by atoms with van der Waals surface area (Å²) in [4.78, 5) is 22.9. The lowest BCUT2D eigenvalue weighted by atomic mass is 9.94. The first-order valence-electron chi connectivity index (χ1n) is 5.89. The van der Waals surface area contributed by atoms with Crippen molar-refractivity contribution in [2.45, 2.75) is 51.7 Å². The number of amides is 1. The number of fused-ring (bicyclic) bond motifs is 1. The average molecular weight is 225 g/mol. The molecule has 2 fully saturated rings. The molecule has 0 spiro atoms. The lowest BCUT2D eigenvalue weighted by molar-refractivity contribution is -0.121. The SMILES string of the molecule is CC(C)(C)OC(=O)N[C@H]1CCC(=O)[C@@H]2C[C@H]12. The minimum absolute atomic E-state index is 0.137. The molecule has 0 aromatic heterocycles. The molecule has 0 aromatic carbocycles. The first-order valence-corrected chi connectivity index (χ1v) is 5.89. The molecule has 0 unspecified atom stereocenters. The number of nitrogens with one attached hydrogen (secondary N) is 1. The summed E-state index contributed by atoms with van der Waals surface area (Å²) in [6, 6.07) is 0.137. The number of Topliss-reactive ketones (excluding diaryl/α,β-unsaturated/α-hetero) is 1. The molecule has 0 aromatic rings. The Kier molecular flexibility index (Phi) is 2.68. The average Bonchev–Trinajstić information content (AvgIpc) is 2.86. The van der Waals surface area contributed by atoms with Gasteiger partial charge < -0.3 is 10.1 Å². The molecule has 16 heavy (non-hydrogen) atoms. The van der Waals surface area contributed by atoms with Gasteiger partial charge in [-0.2, -0.15) is 0 Å². The zero-order valence-corrected chi connectivity index (χ0v) is 10.1. The Balaban J connectivity index is 1.83. The summed E-state index contributed by atoms with van der Waals surface area (Å²) in [5.41, 5.74) is -0.461. The number of carbonyl (C=O) groups is 2. The van der Waals surface area contributed by atoms with Crippen LogP contribution in [0.15, 0.2) is 0 Å². The van der Waals surface area contributed by atoms with Crippen LogP contribution in [0.2, 0.25) is 0 Å². The van der Waals surface area contributed by atoms with Crippen molar-refractivity contribution in [3.05, 3.63) is 0 Å². The van der Waals surface area contributed by atoms with E-state index in [1.807, 2.05) is 20.8 Å². The van der Waals surface area contributed by atoms with Gasteiger partial charge in [-0.3, -0.25) is 4.79 Å². The van der Waals surface area contributed by atoms with Gasteiger partial charge in [-0.15, -0.1) is 0 Å². The number of ketones is 1. The second kappa shape index (κ2) is 3.75. The van der Waals surface area contributed by atoms with Gasteiger partial charge in [0.1, 0.15) is 11.4 Å². The van der Waals surface area contributed by atoms with Crippen LogP contribution in [0.4, 0.5) is 4.79 Å². The Bertz CT molecular complexity index is 319. The zero-order valence-electron chi connectivity index (χ0n) is 10.1. The fourth-order valence-corrected chi connectivity index (χ4v) is 2.36. The normalized spacial score (nSPS) is 32.9. The first kappa shape index (κ1) is 11.4. The Hall–Kier alpha value is -1.06. The van der Waals surface area contributed by atoms with Gasteiger partial charge in [0, 0.05) is 18.4 Å². The zero-order chi connectivity index (χ0) is 11.9. The summed E-state index contributed by atoms with van der Waals surface area (Å²) in [6.07, 6.45) is 1.94. The van der Waals surface area contributed by atoms with E-state index in [2.05, 4.69) is 5.32 Å². The van der Waals surface area contributed by atoms with E-state index < -0.39 is 5.60 Å². The predicted molar refractivity (Wildman–Crippen MR) is 59.0 cm³/mol. The molecule has 2 aliphatic rings. The van der Waals surface area contributed by atoms with Crippen LogP contribution in [0.5, 0.6) is 0 Å². The Morgan fingerprint density at radius 3 is 2.75 bits per heavy atom. The van der Waals surface area contributed by atoms with Crippen molar-refractivity contribution in [1.82, 2.24) is 5.32 Å². The molecule has 0 heterocycles. The maximum absolute atomic E-state index is 11.6. The summed E-state index contributed by atoms with van der Waals surface area (Å²) < 4.78 is 5.20. The van der Waals surface area contributed by atoms with Crippen LogP contribution in [-0.4, -0.2) is 23.5 Å². The van der Waals surface area contributed by atoms with Gasteiger partial charge in [0.2, 0.25) is 0 Å². The van der Waals surface area contributed by atoms with E-state index >= 15 is 0 Å². The smallest absolute Gasteiger partial charge is 0.407 e.